The zero-order valence-electron chi connectivity index (χ0n) is 14.9. The molecule has 1 aliphatic heterocycles. The molecule has 0 amide bonds. The maximum atomic E-state index is 12.9. The predicted octanol–water partition coefficient (Wildman–Crippen LogP) is 1.58. The molecule has 0 aliphatic carbocycles. The van der Waals surface area contributed by atoms with Crippen LogP contribution >= 0.6 is 12.4 Å². The van der Waals surface area contributed by atoms with Gasteiger partial charge in [0, 0.05) is 31.4 Å². The lowest BCUT2D eigenvalue weighted by molar-refractivity contribution is -0.0257. The van der Waals surface area contributed by atoms with E-state index in [1.165, 1.54) is 4.31 Å². The molecule has 1 aromatic heterocycles. The summed E-state index contributed by atoms with van der Waals surface area (Å²) in [6, 6.07) is 6.76. The van der Waals surface area contributed by atoms with Gasteiger partial charge in [0.2, 0.25) is 10.0 Å². The number of aromatic nitrogens is 2. The Morgan fingerprint density at radius 1 is 1.27 bits per heavy atom. The van der Waals surface area contributed by atoms with Gasteiger partial charge >= 0.3 is 0 Å². The molecule has 144 valence electrons. The van der Waals surface area contributed by atoms with E-state index in [4.69, 9.17) is 0 Å². The number of halogens is 1. The molecule has 9 heteroatoms. The van der Waals surface area contributed by atoms with Crippen molar-refractivity contribution in [2.24, 2.45) is 0 Å². The van der Waals surface area contributed by atoms with Crippen molar-refractivity contribution in [3.05, 3.63) is 36.7 Å². The van der Waals surface area contributed by atoms with E-state index < -0.39 is 15.6 Å². The first kappa shape index (κ1) is 20.9. The summed E-state index contributed by atoms with van der Waals surface area (Å²) < 4.78 is 27.3. The van der Waals surface area contributed by atoms with E-state index in [1.54, 1.807) is 36.7 Å². The molecular formula is C17H25ClN4O3S. The zero-order chi connectivity index (χ0) is 18.1. The van der Waals surface area contributed by atoms with Crippen LogP contribution in [0, 0.1) is 0 Å². The topological polar surface area (TPSA) is 89.5 Å². The second-order valence-electron chi connectivity index (χ2n) is 6.92. The molecule has 1 atom stereocenters. The predicted molar refractivity (Wildman–Crippen MR) is 103 cm³/mol. The van der Waals surface area contributed by atoms with E-state index in [-0.39, 0.29) is 23.8 Å². The fraction of sp³-hybridized carbons (Fsp3) is 0.471. The van der Waals surface area contributed by atoms with Crippen molar-refractivity contribution in [2.75, 3.05) is 33.7 Å². The van der Waals surface area contributed by atoms with E-state index >= 15 is 0 Å². The van der Waals surface area contributed by atoms with Crippen LogP contribution in [0.15, 0.2) is 41.6 Å². The number of aliphatic hydroxyl groups is 1. The van der Waals surface area contributed by atoms with Crippen LogP contribution in [-0.4, -0.2) is 72.3 Å². The second kappa shape index (κ2) is 8.06. The van der Waals surface area contributed by atoms with Gasteiger partial charge in [-0.1, -0.05) is 12.1 Å². The summed E-state index contributed by atoms with van der Waals surface area (Å²) in [4.78, 5) is 2.13. The Morgan fingerprint density at radius 2 is 1.96 bits per heavy atom. The quantitative estimate of drug-likeness (QED) is 0.795. The molecule has 1 aliphatic rings. The normalized spacial score (nSPS) is 21.5. The summed E-state index contributed by atoms with van der Waals surface area (Å²) in [5, 5.41) is 17.4. The van der Waals surface area contributed by atoms with Gasteiger partial charge in [-0.3, -0.25) is 5.10 Å². The minimum Gasteiger partial charge on any atom is -0.387 e. The van der Waals surface area contributed by atoms with Crippen molar-refractivity contribution in [3.63, 3.8) is 0 Å². The van der Waals surface area contributed by atoms with Gasteiger partial charge in [-0.15, -0.1) is 12.4 Å². The second-order valence-corrected chi connectivity index (χ2v) is 8.85. The summed E-state index contributed by atoms with van der Waals surface area (Å²) in [6.07, 6.45) is 4.71. The Hall–Kier alpha value is -1.45. The summed E-state index contributed by atoms with van der Waals surface area (Å²) in [6.45, 7) is 0.997. The van der Waals surface area contributed by atoms with Crippen molar-refractivity contribution in [3.8, 4) is 11.1 Å². The van der Waals surface area contributed by atoms with Crippen LogP contribution in [-0.2, 0) is 10.0 Å². The largest absolute Gasteiger partial charge is 0.387 e. The molecule has 1 aromatic carbocycles. The molecule has 0 saturated carbocycles. The molecule has 3 rings (SSSR count). The minimum absolute atomic E-state index is 0. The van der Waals surface area contributed by atoms with Crippen LogP contribution in [0.2, 0.25) is 0 Å². The third-order valence-corrected chi connectivity index (χ3v) is 6.31. The zero-order valence-corrected chi connectivity index (χ0v) is 16.6. The Kier molecular flexibility index (Phi) is 6.46. The lowest BCUT2D eigenvalue weighted by Gasteiger charge is -2.39. The highest BCUT2D eigenvalue weighted by atomic mass is 35.5. The monoisotopic (exact) mass is 400 g/mol. The van der Waals surface area contributed by atoms with Crippen LogP contribution in [0.4, 0.5) is 0 Å². The van der Waals surface area contributed by atoms with Gasteiger partial charge in [0.15, 0.2) is 0 Å². The van der Waals surface area contributed by atoms with Gasteiger partial charge in [0.25, 0.3) is 0 Å². The van der Waals surface area contributed by atoms with E-state index in [0.29, 0.717) is 25.9 Å². The molecule has 0 radical (unpaired) electrons. The molecule has 2 heterocycles. The van der Waals surface area contributed by atoms with Crippen LogP contribution in [0.5, 0.6) is 0 Å². The first-order valence-electron chi connectivity index (χ1n) is 8.27. The van der Waals surface area contributed by atoms with Crippen LogP contribution in [0.3, 0.4) is 0 Å². The maximum Gasteiger partial charge on any atom is 0.243 e. The molecular weight excluding hydrogens is 376 g/mol. The molecule has 26 heavy (non-hydrogen) atoms. The lowest BCUT2D eigenvalue weighted by atomic mass is 9.94. The van der Waals surface area contributed by atoms with E-state index in [2.05, 4.69) is 10.2 Å². The molecule has 0 spiro atoms. The minimum atomic E-state index is -3.62. The Balaban J connectivity index is 0.00000243. The number of H-pyrrole nitrogens is 1. The summed E-state index contributed by atoms with van der Waals surface area (Å²) in [5.74, 6) is 0. The van der Waals surface area contributed by atoms with Crippen molar-refractivity contribution < 1.29 is 13.5 Å². The van der Waals surface area contributed by atoms with Gasteiger partial charge < -0.3 is 10.0 Å². The van der Waals surface area contributed by atoms with Gasteiger partial charge in [-0.2, -0.15) is 9.40 Å². The number of β-amino-alcohol motifs (C(OH)–C–C–N with tert-alkyl or cyclic N) is 1. The van der Waals surface area contributed by atoms with Crippen molar-refractivity contribution in [1.82, 2.24) is 19.4 Å². The van der Waals surface area contributed by atoms with Crippen LogP contribution < -0.4 is 0 Å². The number of aromatic amines is 1. The summed E-state index contributed by atoms with van der Waals surface area (Å²) in [7, 11) is 0.127. The number of rotatable bonds is 5. The number of nitrogens with one attached hydrogen (secondary N) is 1. The third-order valence-electron chi connectivity index (χ3n) is 4.45. The first-order chi connectivity index (χ1) is 11.8. The molecule has 2 aromatic rings. The molecule has 7 nitrogen and oxygen atoms in total. The van der Waals surface area contributed by atoms with E-state index in [9.17, 15) is 13.5 Å². The van der Waals surface area contributed by atoms with Crippen molar-refractivity contribution in [2.45, 2.75) is 23.3 Å². The van der Waals surface area contributed by atoms with Gasteiger partial charge in [0.1, 0.15) is 0 Å². The number of hydrogen-bond donors (Lipinski definition) is 2. The molecule has 0 bridgehead atoms. The lowest BCUT2D eigenvalue weighted by Crippen LogP contribution is -2.54. The van der Waals surface area contributed by atoms with Gasteiger partial charge in [-0.25, -0.2) is 8.42 Å². The van der Waals surface area contributed by atoms with E-state index in [1.807, 2.05) is 19.0 Å². The average Bonchev–Trinajstić information content (AvgIpc) is 3.08. The molecule has 1 unspecified atom stereocenters. The highest BCUT2D eigenvalue weighted by molar-refractivity contribution is 7.89. The highest BCUT2D eigenvalue weighted by Gasteiger charge is 2.38. The average molecular weight is 401 g/mol. The SMILES string of the molecule is CN(C)CC1(O)CCCN(S(=O)(=O)c2ccc(-c3cn[nH]c3)cc2)C1.Cl. The fourth-order valence-corrected chi connectivity index (χ4v) is 4.93. The standard InChI is InChI=1S/C17H24N4O3S.ClH/c1-20(2)12-17(22)8-3-9-21(13-17)25(23,24)16-6-4-14(5-7-16)15-10-18-19-11-15;/h4-7,10-11,22H,3,8-9,12-13H2,1-2H3,(H,18,19);1H. The van der Waals surface area contributed by atoms with Crippen LogP contribution in [0.1, 0.15) is 12.8 Å². The van der Waals surface area contributed by atoms with E-state index in [0.717, 1.165) is 11.1 Å². The molecule has 2 N–H and O–H groups in total. The van der Waals surface area contributed by atoms with Crippen molar-refractivity contribution >= 4 is 22.4 Å². The Morgan fingerprint density at radius 3 is 2.54 bits per heavy atom. The smallest absolute Gasteiger partial charge is 0.243 e. The summed E-state index contributed by atoms with van der Waals surface area (Å²) in [5.41, 5.74) is 0.795. The van der Waals surface area contributed by atoms with Gasteiger partial charge in [0.05, 0.1) is 16.7 Å². The maximum absolute atomic E-state index is 12.9. The van der Waals surface area contributed by atoms with Crippen molar-refractivity contribution in [1.29, 1.82) is 0 Å². The number of piperidine rings is 1. The Bertz CT molecular complexity index is 809. The Labute approximate surface area is 160 Å². The summed E-state index contributed by atoms with van der Waals surface area (Å²) >= 11 is 0. The number of benzene rings is 1. The first-order valence-corrected chi connectivity index (χ1v) is 9.71. The number of sulfonamides is 1. The van der Waals surface area contributed by atoms with Gasteiger partial charge in [-0.05, 0) is 44.6 Å². The molecule has 1 fully saturated rings. The number of likely N-dealkylation sites (N-methyl/N-ethyl adjacent to an activating group) is 1. The molecule has 1 saturated heterocycles. The third kappa shape index (κ3) is 4.44. The number of hydrogen-bond acceptors (Lipinski definition) is 5. The fourth-order valence-electron chi connectivity index (χ4n) is 3.37. The van der Waals surface area contributed by atoms with Crippen LogP contribution in [0.25, 0.3) is 11.1 Å². The number of nitrogens with zero attached hydrogens (tertiary/aromatic N) is 3. The highest BCUT2D eigenvalue weighted by Crippen LogP contribution is 2.28.